The quantitative estimate of drug-likeness (QED) is 0.655. The zero-order valence-electron chi connectivity index (χ0n) is 14.9. The predicted molar refractivity (Wildman–Crippen MR) is 101 cm³/mol. The van der Waals surface area contributed by atoms with Crippen molar-refractivity contribution in [2.45, 2.75) is 12.5 Å². The van der Waals surface area contributed by atoms with Crippen LogP contribution in [0.2, 0.25) is 0 Å². The molecule has 3 N–H and O–H groups in total. The number of nitrogens with zero attached hydrogens (tertiary/aromatic N) is 4. The maximum absolute atomic E-state index is 12.4. The summed E-state index contributed by atoms with van der Waals surface area (Å²) in [5.41, 5.74) is 3.57. The number of aromatic amines is 1. The SMILES string of the molecule is O=C1NCC(c2n[nH]c3cnc(-c4cccnc4)cc23)N1CC1CCNC1. The van der Waals surface area contributed by atoms with Crippen molar-refractivity contribution < 1.29 is 4.79 Å². The van der Waals surface area contributed by atoms with Gasteiger partial charge in [-0.05, 0) is 43.6 Å². The van der Waals surface area contributed by atoms with Crippen LogP contribution in [0.5, 0.6) is 0 Å². The number of amides is 2. The Hall–Kier alpha value is -3.00. The summed E-state index contributed by atoms with van der Waals surface area (Å²) in [4.78, 5) is 23.1. The molecule has 0 aromatic carbocycles. The highest BCUT2D eigenvalue weighted by molar-refractivity contribution is 5.86. The van der Waals surface area contributed by atoms with Gasteiger partial charge in [0.1, 0.15) is 0 Å². The van der Waals surface area contributed by atoms with Gasteiger partial charge in [0, 0.05) is 36.4 Å². The zero-order valence-corrected chi connectivity index (χ0v) is 14.9. The molecule has 2 unspecified atom stereocenters. The van der Waals surface area contributed by atoms with Crippen LogP contribution in [-0.4, -0.2) is 57.3 Å². The lowest BCUT2D eigenvalue weighted by Crippen LogP contribution is -2.35. The molecular weight excluding hydrogens is 342 g/mol. The number of hydrogen-bond donors (Lipinski definition) is 3. The summed E-state index contributed by atoms with van der Waals surface area (Å²) in [6, 6.07) is 5.83. The Morgan fingerprint density at radius 3 is 3.04 bits per heavy atom. The van der Waals surface area contributed by atoms with Crippen molar-refractivity contribution in [1.82, 2.24) is 35.7 Å². The van der Waals surface area contributed by atoms with Crippen LogP contribution < -0.4 is 10.6 Å². The zero-order chi connectivity index (χ0) is 18.2. The van der Waals surface area contributed by atoms with E-state index in [9.17, 15) is 4.79 Å². The molecule has 2 aliphatic heterocycles. The molecule has 0 spiro atoms. The van der Waals surface area contributed by atoms with E-state index >= 15 is 0 Å². The van der Waals surface area contributed by atoms with E-state index in [1.807, 2.05) is 23.1 Å². The lowest BCUT2D eigenvalue weighted by molar-refractivity contribution is 0.193. The number of carbonyl (C=O) groups excluding carboxylic acids is 1. The van der Waals surface area contributed by atoms with Crippen LogP contribution in [0.4, 0.5) is 4.79 Å². The van der Waals surface area contributed by atoms with E-state index in [1.54, 1.807) is 18.6 Å². The van der Waals surface area contributed by atoms with Crippen molar-refractivity contribution in [3.63, 3.8) is 0 Å². The highest BCUT2D eigenvalue weighted by Crippen LogP contribution is 2.31. The summed E-state index contributed by atoms with van der Waals surface area (Å²) in [5, 5.41) is 15.0. The van der Waals surface area contributed by atoms with Crippen LogP contribution in [0, 0.1) is 5.92 Å². The first kappa shape index (κ1) is 16.2. The molecule has 2 aliphatic rings. The fourth-order valence-electron chi connectivity index (χ4n) is 4.00. The van der Waals surface area contributed by atoms with E-state index in [4.69, 9.17) is 0 Å². The van der Waals surface area contributed by atoms with Gasteiger partial charge in [0.15, 0.2) is 0 Å². The van der Waals surface area contributed by atoms with Crippen LogP contribution in [0.15, 0.2) is 36.8 Å². The molecule has 0 saturated carbocycles. The second-order valence-corrected chi connectivity index (χ2v) is 7.18. The Balaban J connectivity index is 1.50. The van der Waals surface area contributed by atoms with Gasteiger partial charge in [-0.3, -0.25) is 15.1 Å². The number of rotatable bonds is 4. The fraction of sp³-hybridized carbons (Fsp3) is 0.368. The molecule has 0 bridgehead atoms. The lowest BCUT2D eigenvalue weighted by Gasteiger charge is -2.24. The predicted octanol–water partition coefficient (Wildman–Crippen LogP) is 1.70. The minimum Gasteiger partial charge on any atom is -0.335 e. The van der Waals surface area contributed by atoms with E-state index in [1.165, 1.54) is 0 Å². The summed E-state index contributed by atoms with van der Waals surface area (Å²) >= 11 is 0. The Labute approximate surface area is 156 Å². The fourth-order valence-corrected chi connectivity index (χ4v) is 4.00. The molecule has 5 rings (SSSR count). The molecule has 3 aromatic rings. The molecule has 0 radical (unpaired) electrons. The number of H-pyrrole nitrogens is 1. The number of carbonyl (C=O) groups is 1. The van der Waals surface area contributed by atoms with Gasteiger partial charge in [0.05, 0.1) is 29.1 Å². The molecule has 2 saturated heterocycles. The minimum absolute atomic E-state index is 0.00964. The summed E-state index contributed by atoms with van der Waals surface area (Å²) in [6.45, 7) is 3.31. The van der Waals surface area contributed by atoms with Crippen molar-refractivity contribution >= 4 is 16.9 Å². The average molecular weight is 363 g/mol. The van der Waals surface area contributed by atoms with Gasteiger partial charge in [0.25, 0.3) is 0 Å². The smallest absolute Gasteiger partial charge is 0.318 e. The van der Waals surface area contributed by atoms with Crippen LogP contribution in [-0.2, 0) is 0 Å². The number of fused-ring (bicyclic) bond motifs is 1. The van der Waals surface area contributed by atoms with Crippen molar-refractivity contribution in [1.29, 1.82) is 0 Å². The maximum Gasteiger partial charge on any atom is 0.318 e. The molecular formula is C19H21N7O. The number of aromatic nitrogens is 4. The van der Waals surface area contributed by atoms with Crippen molar-refractivity contribution in [3.8, 4) is 11.3 Å². The third kappa shape index (κ3) is 2.91. The summed E-state index contributed by atoms with van der Waals surface area (Å²) in [5.74, 6) is 0.495. The summed E-state index contributed by atoms with van der Waals surface area (Å²) in [7, 11) is 0. The summed E-state index contributed by atoms with van der Waals surface area (Å²) < 4.78 is 0. The molecule has 3 aromatic heterocycles. The third-order valence-electron chi connectivity index (χ3n) is 5.45. The van der Waals surface area contributed by atoms with Crippen LogP contribution in [0.3, 0.4) is 0 Å². The minimum atomic E-state index is -0.0731. The van der Waals surface area contributed by atoms with Gasteiger partial charge in [-0.25, -0.2) is 4.79 Å². The Morgan fingerprint density at radius 2 is 2.22 bits per heavy atom. The van der Waals surface area contributed by atoms with Crippen LogP contribution >= 0.6 is 0 Å². The molecule has 2 amide bonds. The average Bonchev–Trinajstić information content (AvgIpc) is 3.44. The first-order chi connectivity index (χ1) is 13.3. The topological polar surface area (TPSA) is 98.8 Å². The number of pyridine rings is 2. The van der Waals surface area contributed by atoms with Gasteiger partial charge in [-0.1, -0.05) is 0 Å². The molecule has 0 aliphatic carbocycles. The van der Waals surface area contributed by atoms with Gasteiger partial charge < -0.3 is 15.5 Å². The Morgan fingerprint density at radius 1 is 1.26 bits per heavy atom. The van der Waals surface area contributed by atoms with Gasteiger partial charge in [-0.15, -0.1) is 0 Å². The second kappa shape index (κ2) is 6.62. The van der Waals surface area contributed by atoms with E-state index < -0.39 is 0 Å². The monoisotopic (exact) mass is 363 g/mol. The largest absolute Gasteiger partial charge is 0.335 e. The molecule has 8 heteroatoms. The number of urea groups is 1. The van der Waals surface area contributed by atoms with Crippen molar-refractivity contribution in [2.75, 3.05) is 26.2 Å². The van der Waals surface area contributed by atoms with Gasteiger partial charge in [-0.2, -0.15) is 5.10 Å². The normalized spacial score (nSPS) is 22.5. The Kier molecular flexibility index (Phi) is 3.97. The number of nitrogens with one attached hydrogen (secondary N) is 3. The standard InChI is InChI=1S/C19H21N7O/c27-19-23-10-17(26(19)11-12-3-5-21-7-12)18-14-6-15(13-2-1-4-20-8-13)22-9-16(14)24-25-18/h1-2,4,6,8-9,12,17,21H,3,5,7,10-11H2,(H,23,27)(H,24,25). The summed E-state index contributed by atoms with van der Waals surface area (Å²) in [6.07, 6.45) is 6.45. The molecule has 8 nitrogen and oxygen atoms in total. The maximum atomic E-state index is 12.4. The van der Waals surface area contributed by atoms with Crippen molar-refractivity contribution in [2.24, 2.45) is 5.92 Å². The first-order valence-corrected chi connectivity index (χ1v) is 9.29. The van der Waals surface area contributed by atoms with E-state index in [0.717, 1.165) is 53.9 Å². The van der Waals surface area contributed by atoms with Crippen LogP contribution in [0.25, 0.3) is 22.2 Å². The molecule has 138 valence electrons. The molecule has 2 atom stereocenters. The van der Waals surface area contributed by atoms with E-state index in [2.05, 4.69) is 30.8 Å². The van der Waals surface area contributed by atoms with Crippen molar-refractivity contribution in [3.05, 3.63) is 42.5 Å². The second-order valence-electron chi connectivity index (χ2n) is 7.18. The Bertz CT molecular complexity index is 965. The first-order valence-electron chi connectivity index (χ1n) is 9.29. The van der Waals surface area contributed by atoms with Gasteiger partial charge >= 0.3 is 6.03 Å². The lowest BCUT2D eigenvalue weighted by atomic mass is 10.0. The molecule has 2 fully saturated rings. The van der Waals surface area contributed by atoms with E-state index in [-0.39, 0.29) is 12.1 Å². The highest BCUT2D eigenvalue weighted by atomic mass is 16.2. The number of hydrogen-bond acceptors (Lipinski definition) is 5. The molecule has 5 heterocycles. The molecule has 27 heavy (non-hydrogen) atoms. The van der Waals surface area contributed by atoms with Crippen LogP contribution in [0.1, 0.15) is 18.2 Å². The van der Waals surface area contributed by atoms with E-state index in [0.29, 0.717) is 12.5 Å². The highest BCUT2D eigenvalue weighted by Gasteiger charge is 2.36. The van der Waals surface area contributed by atoms with Gasteiger partial charge in [0.2, 0.25) is 0 Å². The third-order valence-corrected chi connectivity index (χ3v) is 5.45.